The first-order chi connectivity index (χ1) is 7.24. The van der Waals surface area contributed by atoms with E-state index in [1.165, 1.54) is 0 Å². The van der Waals surface area contributed by atoms with Gasteiger partial charge in [-0.05, 0) is 6.42 Å². The number of ether oxygens (including phenoxy) is 1. The molecular formula is C11H22N2O2. The number of carbonyl (C=O) groups is 1. The van der Waals surface area contributed by atoms with E-state index in [1.807, 2.05) is 6.92 Å². The fourth-order valence-electron chi connectivity index (χ4n) is 1.59. The minimum Gasteiger partial charge on any atom is -0.445 e. The molecule has 4 nitrogen and oxygen atoms in total. The van der Waals surface area contributed by atoms with Crippen LogP contribution in [0.15, 0.2) is 0 Å². The van der Waals surface area contributed by atoms with Gasteiger partial charge in [0.05, 0.1) is 5.92 Å². The van der Waals surface area contributed by atoms with Crippen LogP contribution in [-0.2, 0) is 9.53 Å². The summed E-state index contributed by atoms with van der Waals surface area (Å²) in [4.78, 5) is 11.6. The number of hydrogen-bond donors (Lipinski definition) is 2. The summed E-state index contributed by atoms with van der Waals surface area (Å²) in [5.41, 5.74) is 0. The summed E-state index contributed by atoms with van der Waals surface area (Å²) in [7, 11) is 0. The Bertz CT molecular complexity index is 191. The number of rotatable bonds is 5. The Morgan fingerprint density at radius 2 is 2.33 bits per heavy atom. The van der Waals surface area contributed by atoms with Gasteiger partial charge in [0.25, 0.3) is 0 Å². The van der Waals surface area contributed by atoms with Crippen LogP contribution in [0.2, 0.25) is 0 Å². The fourth-order valence-corrected chi connectivity index (χ4v) is 1.59. The number of unbranched alkanes of at least 4 members (excludes halogenated alkanes) is 1. The Hall–Kier alpha value is -0.610. The highest BCUT2D eigenvalue weighted by atomic mass is 16.6. The van der Waals surface area contributed by atoms with Crippen molar-refractivity contribution >= 4 is 5.97 Å². The van der Waals surface area contributed by atoms with Crippen LogP contribution in [0.1, 0.15) is 33.1 Å². The van der Waals surface area contributed by atoms with Crippen LogP contribution >= 0.6 is 0 Å². The Kier molecular flexibility index (Phi) is 5.65. The van der Waals surface area contributed by atoms with E-state index in [2.05, 4.69) is 17.6 Å². The van der Waals surface area contributed by atoms with Crippen LogP contribution in [0.4, 0.5) is 0 Å². The molecule has 0 bridgehead atoms. The summed E-state index contributed by atoms with van der Waals surface area (Å²) in [5.74, 6) is -0.0571. The lowest BCUT2D eigenvalue weighted by Gasteiger charge is -2.25. The maximum atomic E-state index is 11.6. The third-order valence-corrected chi connectivity index (χ3v) is 2.65. The molecule has 1 aliphatic heterocycles. The van der Waals surface area contributed by atoms with Crippen molar-refractivity contribution in [3.8, 4) is 0 Å². The molecular weight excluding hydrogens is 192 g/mol. The third-order valence-electron chi connectivity index (χ3n) is 2.65. The second kappa shape index (κ2) is 6.80. The molecule has 0 amide bonds. The standard InChI is InChI=1S/C11H22N2O2/c1-3-4-5-9(2)11(14)15-10-8-12-6-7-13-10/h9-10,12-13H,3-8H2,1-2H3. The van der Waals surface area contributed by atoms with E-state index in [4.69, 9.17) is 4.74 Å². The van der Waals surface area contributed by atoms with Crippen LogP contribution in [-0.4, -0.2) is 31.8 Å². The van der Waals surface area contributed by atoms with Gasteiger partial charge in [0.1, 0.15) is 0 Å². The molecule has 0 aromatic rings. The Balaban J connectivity index is 2.20. The van der Waals surface area contributed by atoms with Crippen LogP contribution < -0.4 is 10.6 Å². The first-order valence-corrected chi connectivity index (χ1v) is 5.88. The molecule has 15 heavy (non-hydrogen) atoms. The van der Waals surface area contributed by atoms with E-state index < -0.39 is 0 Å². The molecule has 0 aromatic carbocycles. The average Bonchev–Trinajstić information content (AvgIpc) is 2.27. The van der Waals surface area contributed by atoms with Gasteiger partial charge in [-0.1, -0.05) is 26.7 Å². The highest BCUT2D eigenvalue weighted by molar-refractivity contribution is 5.72. The maximum absolute atomic E-state index is 11.6. The van der Waals surface area contributed by atoms with Crippen LogP contribution in [0.5, 0.6) is 0 Å². The van der Waals surface area contributed by atoms with Crippen molar-refractivity contribution in [3.05, 3.63) is 0 Å². The van der Waals surface area contributed by atoms with Gasteiger partial charge >= 0.3 is 5.97 Å². The average molecular weight is 214 g/mol. The monoisotopic (exact) mass is 214 g/mol. The minimum atomic E-state index is -0.143. The highest BCUT2D eigenvalue weighted by Crippen LogP contribution is 2.10. The number of piperazine rings is 1. The predicted octanol–water partition coefficient (Wildman–Crippen LogP) is 0.875. The zero-order chi connectivity index (χ0) is 11.1. The lowest BCUT2D eigenvalue weighted by Crippen LogP contribution is -2.50. The number of esters is 1. The second-order valence-electron chi connectivity index (χ2n) is 4.13. The summed E-state index contributed by atoms with van der Waals surface area (Å²) in [5, 5.41) is 6.34. The second-order valence-corrected chi connectivity index (χ2v) is 4.13. The Morgan fingerprint density at radius 1 is 1.53 bits per heavy atom. The van der Waals surface area contributed by atoms with Crippen LogP contribution in [0.3, 0.4) is 0 Å². The molecule has 88 valence electrons. The van der Waals surface area contributed by atoms with Gasteiger partial charge < -0.3 is 10.1 Å². The van der Waals surface area contributed by atoms with E-state index in [1.54, 1.807) is 0 Å². The lowest BCUT2D eigenvalue weighted by atomic mass is 10.1. The van der Waals surface area contributed by atoms with E-state index in [0.29, 0.717) is 6.54 Å². The maximum Gasteiger partial charge on any atom is 0.310 e. The Labute approximate surface area is 91.8 Å². The first kappa shape index (κ1) is 12.5. The molecule has 1 aliphatic rings. The summed E-state index contributed by atoms with van der Waals surface area (Å²) < 4.78 is 5.34. The summed E-state index contributed by atoms with van der Waals surface area (Å²) in [6.45, 7) is 6.59. The summed E-state index contributed by atoms with van der Waals surface area (Å²) in [6.07, 6.45) is 3.00. The van der Waals surface area contributed by atoms with Gasteiger partial charge in [0.15, 0.2) is 6.23 Å². The fraction of sp³-hybridized carbons (Fsp3) is 0.909. The van der Waals surface area contributed by atoms with Crippen molar-refractivity contribution < 1.29 is 9.53 Å². The summed E-state index contributed by atoms with van der Waals surface area (Å²) in [6, 6.07) is 0. The van der Waals surface area contributed by atoms with Crippen LogP contribution in [0.25, 0.3) is 0 Å². The molecule has 1 fully saturated rings. The van der Waals surface area contributed by atoms with Gasteiger partial charge in [-0.2, -0.15) is 0 Å². The molecule has 2 N–H and O–H groups in total. The third kappa shape index (κ3) is 4.62. The van der Waals surface area contributed by atoms with Gasteiger partial charge in [-0.15, -0.1) is 0 Å². The SMILES string of the molecule is CCCCC(C)C(=O)OC1CNCCN1. The largest absolute Gasteiger partial charge is 0.445 e. The van der Waals surface area contributed by atoms with Gasteiger partial charge in [0, 0.05) is 19.6 Å². The molecule has 0 radical (unpaired) electrons. The number of carbonyl (C=O) groups excluding carboxylic acids is 1. The Morgan fingerprint density at radius 3 is 2.93 bits per heavy atom. The van der Waals surface area contributed by atoms with Gasteiger partial charge in [-0.25, -0.2) is 0 Å². The van der Waals surface area contributed by atoms with Crippen molar-refractivity contribution in [3.63, 3.8) is 0 Å². The molecule has 1 heterocycles. The zero-order valence-corrected chi connectivity index (χ0v) is 9.71. The topological polar surface area (TPSA) is 50.4 Å². The van der Waals surface area contributed by atoms with Gasteiger partial charge in [0.2, 0.25) is 0 Å². The molecule has 0 aromatic heterocycles. The predicted molar refractivity (Wildman–Crippen MR) is 59.4 cm³/mol. The zero-order valence-electron chi connectivity index (χ0n) is 9.71. The number of nitrogens with one attached hydrogen (secondary N) is 2. The van der Waals surface area contributed by atoms with Crippen LogP contribution in [0, 0.1) is 5.92 Å². The number of hydrogen-bond acceptors (Lipinski definition) is 4. The molecule has 2 atom stereocenters. The molecule has 1 saturated heterocycles. The normalized spacial score (nSPS) is 23.5. The van der Waals surface area contributed by atoms with E-state index >= 15 is 0 Å². The van der Waals surface area contributed by atoms with Crippen molar-refractivity contribution in [2.45, 2.75) is 39.3 Å². The quantitative estimate of drug-likeness (QED) is 0.667. The lowest BCUT2D eigenvalue weighted by molar-refractivity contribution is -0.155. The van der Waals surface area contributed by atoms with E-state index in [9.17, 15) is 4.79 Å². The van der Waals surface area contributed by atoms with Crippen molar-refractivity contribution in [2.24, 2.45) is 5.92 Å². The molecule has 0 spiro atoms. The molecule has 0 saturated carbocycles. The summed E-state index contributed by atoms with van der Waals surface area (Å²) >= 11 is 0. The van der Waals surface area contributed by atoms with E-state index in [-0.39, 0.29) is 18.1 Å². The first-order valence-electron chi connectivity index (χ1n) is 5.88. The van der Waals surface area contributed by atoms with Gasteiger partial charge in [-0.3, -0.25) is 10.1 Å². The van der Waals surface area contributed by atoms with E-state index in [0.717, 1.165) is 32.4 Å². The molecule has 4 heteroatoms. The minimum absolute atomic E-state index is 0.0219. The molecule has 1 rings (SSSR count). The van der Waals surface area contributed by atoms with Crippen molar-refractivity contribution in [2.75, 3.05) is 19.6 Å². The highest BCUT2D eigenvalue weighted by Gasteiger charge is 2.20. The smallest absolute Gasteiger partial charge is 0.310 e. The molecule has 0 aliphatic carbocycles. The van der Waals surface area contributed by atoms with Crippen molar-refractivity contribution in [1.29, 1.82) is 0 Å². The van der Waals surface area contributed by atoms with Crippen molar-refractivity contribution in [1.82, 2.24) is 10.6 Å². The molecule has 2 unspecified atom stereocenters.